The van der Waals surface area contributed by atoms with E-state index in [2.05, 4.69) is 0 Å². The highest BCUT2D eigenvalue weighted by Crippen LogP contribution is 2.12. The third-order valence-electron chi connectivity index (χ3n) is 2.12. The zero-order chi connectivity index (χ0) is 10.1. The van der Waals surface area contributed by atoms with E-state index in [9.17, 15) is 0 Å². The predicted octanol–water partition coefficient (Wildman–Crippen LogP) is 3.90. The summed E-state index contributed by atoms with van der Waals surface area (Å²) < 4.78 is 15.8. The molecule has 2 aromatic carbocycles. The number of benzene rings is 2. The minimum Gasteiger partial charge on any atom is -0.457 e. The van der Waals surface area contributed by atoms with Crippen molar-refractivity contribution in [3.05, 3.63) is 48.5 Å². The molecular formula is C12H8O3. The molecule has 0 saturated carbocycles. The van der Waals surface area contributed by atoms with Crippen molar-refractivity contribution in [3.63, 3.8) is 0 Å². The van der Waals surface area contributed by atoms with Gasteiger partial charge >= 0.3 is 0 Å². The molecule has 74 valence electrons. The summed E-state index contributed by atoms with van der Waals surface area (Å²) >= 11 is 0. The monoisotopic (exact) mass is 200 g/mol. The van der Waals surface area contributed by atoms with E-state index in [4.69, 9.17) is 13.6 Å². The summed E-state index contributed by atoms with van der Waals surface area (Å²) in [6.07, 6.45) is 0. The van der Waals surface area contributed by atoms with Crippen molar-refractivity contribution in [2.24, 2.45) is 0 Å². The van der Waals surface area contributed by atoms with Gasteiger partial charge < -0.3 is 4.42 Å². The molecule has 4 heterocycles. The first-order chi connectivity index (χ1) is 7.40. The average molecular weight is 200 g/mol. The highest BCUT2D eigenvalue weighted by molar-refractivity contribution is 5.56. The highest BCUT2D eigenvalue weighted by Gasteiger charge is 1.91. The molecule has 6 rings (SSSR count). The van der Waals surface area contributed by atoms with Crippen molar-refractivity contribution in [1.82, 2.24) is 0 Å². The summed E-state index contributed by atoms with van der Waals surface area (Å²) in [5, 5.41) is 0. The molecule has 0 aliphatic heterocycles. The summed E-state index contributed by atoms with van der Waals surface area (Å²) in [6, 6.07) is 14.5. The van der Waals surface area contributed by atoms with Gasteiger partial charge in [-0.3, -0.25) is 9.15 Å². The molecule has 15 heavy (non-hydrogen) atoms. The molecule has 0 aliphatic rings. The maximum atomic E-state index is 5.60. The smallest absolute Gasteiger partial charge is 0.178 e. The average Bonchev–Trinajstić information content (AvgIpc) is 2.39. The maximum absolute atomic E-state index is 5.60. The fourth-order valence-electron chi connectivity index (χ4n) is 1.36. The Morgan fingerprint density at radius 3 is 1.20 bits per heavy atom. The van der Waals surface area contributed by atoms with Crippen LogP contribution in [0.4, 0.5) is 0 Å². The molecule has 0 N–H and O–H groups in total. The Labute approximate surface area is 85.1 Å². The van der Waals surface area contributed by atoms with E-state index in [0.717, 1.165) is 11.2 Å². The van der Waals surface area contributed by atoms with Gasteiger partial charge in [-0.25, -0.2) is 0 Å². The zero-order valence-electron chi connectivity index (χ0n) is 7.84. The van der Waals surface area contributed by atoms with Crippen LogP contribution >= 0.6 is 0 Å². The SMILES string of the molecule is c1cc2ccc1ooc1ccc(cc1)o2. The van der Waals surface area contributed by atoms with Crippen molar-refractivity contribution in [2.45, 2.75) is 0 Å². The third-order valence-corrected chi connectivity index (χ3v) is 2.12. The van der Waals surface area contributed by atoms with E-state index in [1.165, 1.54) is 0 Å². The van der Waals surface area contributed by atoms with Gasteiger partial charge in [-0.05, 0) is 48.5 Å². The summed E-state index contributed by atoms with van der Waals surface area (Å²) in [6.45, 7) is 0. The van der Waals surface area contributed by atoms with Crippen molar-refractivity contribution < 1.29 is 13.6 Å². The van der Waals surface area contributed by atoms with Crippen LogP contribution < -0.4 is 0 Å². The largest absolute Gasteiger partial charge is 0.457 e. The fourth-order valence-corrected chi connectivity index (χ4v) is 1.36. The molecule has 0 atom stereocenters. The van der Waals surface area contributed by atoms with Gasteiger partial charge in [-0.2, -0.15) is 0 Å². The van der Waals surface area contributed by atoms with Crippen molar-refractivity contribution in [1.29, 1.82) is 0 Å². The zero-order valence-corrected chi connectivity index (χ0v) is 7.84. The fraction of sp³-hybridized carbons (Fsp3) is 0. The molecule has 4 bridgehead atoms. The van der Waals surface area contributed by atoms with Crippen LogP contribution in [-0.4, -0.2) is 0 Å². The topological polar surface area (TPSA) is 39.4 Å². The van der Waals surface area contributed by atoms with Crippen LogP contribution in [0.2, 0.25) is 0 Å². The van der Waals surface area contributed by atoms with Crippen molar-refractivity contribution in [2.75, 3.05) is 0 Å². The molecule has 3 heteroatoms. The van der Waals surface area contributed by atoms with Crippen molar-refractivity contribution in [3.8, 4) is 0 Å². The molecule has 0 spiro atoms. The van der Waals surface area contributed by atoms with E-state index in [1.54, 1.807) is 24.3 Å². The van der Waals surface area contributed by atoms with E-state index in [0.29, 0.717) is 11.2 Å². The summed E-state index contributed by atoms with van der Waals surface area (Å²) in [4.78, 5) is 0. The van der Waals surface area contributed by atoms with Crippen LogP contribution in [0, 0.1) is 0 Å². The lowest BCUT2D eigenvalue weighted by Gasteiger charge is -1.87. The minimum atomic E-state index is 0.645. The van der Waals surface area contributed by atoms with E-state index < -0.39 is 0 Å². The Balaban J connectivity index is 2.54. The molecule has 0 aliphatic carbocycles. The van der Waals surface area contributed by atoms with Gasteiger partial charge in [0, 0.05) is 0 Å². The van der Waals surface area contributed by atoms with Gasteiger partial charge in [-0.1, -0.05) is 0 Å². The molecule has 0 fully saturated rings. The summed E-state index contributed by atoms with van der Waals surface area (Å²) in [5.41, 5.74) is 2.84. The van der Waals surface area contributed by atoms with E-state index >= 15 is 0 Å². The molecule has 4 aromatic heterocycles. The molecule has 0 amide bonds. The Bertz CT molecular complexity index is 545. The lowest BCUT2D eigenvalue weighted by atomic mass is 10.3. The van der Waals surface area contributed by atoms with Gasteiger partial charge in [0.1, 0.15) is 11.2 Å². The Morgan fingerprint density at radius 1 is 0.467 bits per heavy atom. The number of rotatable bonds is 0. The van der Waals surface area contributed by atoms with Gasteiger partial charge in [0.05, 0.1) is 0 Å². The highest BCUT2D eigenvalue weighted by atomic mass is 17.0. The van der Waals surface area contributed by atoms with Crippen molar-refractivity contribution >= 4 is 22.3 Å². The molecular weight excluding hydrogens is 192 g/mol. The molecule has 3 nitrogen and oxygen atoms in total. The Kier molecular flexibility index (Phi) is 1.75. The molecule has 6 aromatic rings. The second kappa shape index (κ2) is 3.20. The molecule has 0 unspecified atom stereocenters. The Morgan fingerprint density at radius 2 is 0.800 bits per heavy atom. The van der Waals surface area contributed by atoms with E-state index in [1.807, 2.05) is 24.3 Å². The first-order valence-corrected chi connectivity index (χ1v) is 4.63. The molecule has 0 saturated heterocycles. The number of hydrogen-bond acceptors (Lipinski definition) is 3. The van der Waals surface area contributed by atoms with E-state index in [-0.39, 0.29) is 0 Å². The van der Waals surface area contributed by atoms with Gasteiger partial charge in [-0.15, -0.1) is 0 Å². The first-order valence-electron chi connectivity index (χ1n) is 4.63. The van der Waals surface area contributed by atoms with Crippen LogP contribution in [0.15, 0.2) is 62.1 Å². The lowest BCUT2D eigenvalue weighted by Crippen LogP contribution is -1.63. The van der Waals surface area contributed by atoms with Crippen LogP contribution in [-0.2, 0) is 0 Å². The third kappa shape index (κ3) is 1.59. The second-order valence-corrected chi connectivity index (χ2v) is 3.21. The van der Waals surface area contributed by atoms with Gasteiger partial charge in [0.25, 0.3) is 0 Å². The van der Waals surface area contributed by atoms with Crippen LogP contribution in [0.1, 0.15) is 0 Å². The summed E-state index contributed by atoms with van der Waals surface area (Å²) in [7, 11) is 0. The first kappa shape index (κ1) is 8.17. The summed E-state index contributed by atoms with van der Waals surface area (Å²) in [5.74, 6) is 0. The number of hydrogen-bond donors (Lipinski definition) is 0. The maximum Gasteiger partial charge on any atom is 0.178 e. The second-order valence-electron chi connectivity index (χ2n) is 3.21. The minimum absolute atomic E-state index is 0.645. The normalized spacial score (nSPS) is 10.7. The lowest BCUT2D eigenvalue weighted by molar-refractivity contribution is 0.0893. The van der Waals surface area contributed by atoms with Gasteiger partial charge in [0.15, 0.2) is 11.2 Å². The van der Waals surface area contributed by atoms with Crippen LogP contribution in [0.3, 0.4) is 0 Å². The Hall–Kier alpha value is -2.16. The standard InChI is InChI=1S/C12H8O3/c1-5-11-6-2-9(1)13-10-3-7-12(8-4-10)15-14-11/h1-8H. The predicted molar refractivity (Wildman–Crippen MR) is 55.9 cm³/mol. The van der Waals surface area contributed by atoms with Crippen LogP contribution in [0.25, 0.3) is 22.3 Å². The van der Waals surface area contributed by atoms with Crippen LogP contribution in [0.5, 0.6) is 0 Å². The van der Waals surface area contributed by atoms with Gasteiger partial charge in [0.2, 0.25) is 0 Å². The quantitative estimate of drug-likeness (QED) is 0.516. The molecule has 0 radical (unpaired) electrons.